The van der Waals surface area contributed by atoms with Crippen LogP contribution in [-0.2, 0) is 13.1 Å². The molecule has 1 unspecified atom stereocenters. The molecule has 2 saturated heterocycles. The van der Waals surface area contributed by atoms with Gasteiger partial charge in [-0.1, -0.05) is 0 Å². The Morgan fingerprint density at radius 2 is 2.00 bits per heavy atom. The van der Waals surface area contributed by atoms with Crippen LogP contribution in [0.2, 0.25) is 0 Å². The third-order valence-electron chi connectivity index (χ3n) is 9.21. The molecule has 11 nitrogen and oxygen atoms in total. The molecule has 2 atom stereocenters. The number of hydrogen-bond donors (Lipinski definition) is 2. The van der Waals surface area contributed by atoms with Gasteiger partial charge in [-0.05, 0) is 49.6 Å². The first kappa shape index (κ1) is 29.3. The van der Waals surface area contributed by atoms with E-state index in [1.54, 1.807) is 24.4 Å². The highest BCUT2D eigenvalue weighted by atomic mass is 19.1. The third-order valence-corrected chi connectivity index (χ3v) is 9.21. The van der Waals surface area contributed by atoms with E-state index in [9.17, 15) is 9.90 Å². The SMILES string of the molecule is COc1cc(CN(Cc2cn3c4c(c(N5CC(O)C5)c(F)cc4c2=O)OCC3C)[C@H]2CCCN(c3ccc(N)nc3)C2)ccn1. The molecule has 0 amide bonds. The van der Waals surface area contributed by atoms with Crippen molar-refractivity contribution in [2.45, 2.75) is 51.0 Å². The van der Waals surface area contributed by atoms with Gasteiger partial charge in [0, 0.05) is 69.3 Å². The number of nitrogens with zero attached hydrogens (tertiary/aromatic N) is 6. The van der Waals surface area contributed by atoms with Crippen molar-refractivity contribution in [2.75, 3.05) is 55.4 Å². The Hall–Kier alpha value is -4.42. The van der Waals surface area contributed by atoms with E-state index in [4.69, 9.17) is 15.2 Å². The van der Waals surface area contributed by atoms with Crippen LogP contribution in [-0.4, -0.2) is 76.6 Å². The predicted octanol–water partition coefficient (Wildman–Crippen LogP) is 3.33. The van der Waals surface area contributed by atoms with Crippen molar-refractivity contribution < 1.29 is 19.0 Å². The largest absolute Gasteiger partial charge is 0.487 e. The van der Waals surface area contributed by atoms with Crippen LogP contribution in [0.25, 0.3) is 10.9 Å². The molecule has 3 aromatic heterocycles. The van der Waals surface area contributed by atoms with Crippen LogP contribution in [0.5, 0.6) is 11.6 Å². The Bertz CT molecular complexity index is 1780. The standard InChI is InChI=1S/C33H38FN7O4/c1-20-19-45-33-30-26(11-27(34)31(33)40-17-25(42)18-40)32(43)22(15-41(20)30)14-39(13-21-7-8-36-29(10-21)44-2)24-4-3-9-38(16-24)23-5-6-28(35)37-12-23/h5-8,10-12,15,20,24-25,42H,3-4,9,13-14,16-19H2,1-2H3,(H2,35,37)/t20?,24-/m0/s1. The topological polar surface area (TPSA) is 122 Å². The minimum Gasteiger partial charge on any atom is -0.487 e. The maximum absolute atomic E-state index is 15.7. The molecule has 4 aromatic rings. The summed E-state index contributed by atoms with van der Waals surface area (Å²) in [7, 11) is 1.60. The van der Waals surface area contributed by atoms with Gasteiger partial charge in [-0.2, -0.15) is 0 Å². The van der Waals surface area contributed by atoms with E-state index >= 15 is 4.39 Å². The van der Waals surface area contributed by atoms with E-state index in [1.165, 1.54) is 6.07 Å². The molecule has 3 aliphatic heterocycles. The van der Waals surface area contributed by atoms with Crippen LogP contribution in [0.1, 0.15) is 36.9 Å². The van der Waals surface area contributed by atoms with Crippen molar-refractivity contribution in [1.82, 2.24) is 19.4 Å². The van der Waals surface area contributed by atoms with E-state index < -0.39 is 11.9 Å². The summed E-state index contributed by atoms with van der Waals surface area (Å²) in [4.78, 5) is 29.1. The number of benzene rings is 1. The van der Waals surface area contributed by atoms with Crippen LogP contribution in [0.4, 0.5) is 21.6 Å². The smallest absolute Gasteiger partial charge is 0.213 e. The highest BCUT2D eigenvalue weighted by molar-refractivity contribution is 5.92. The van der Waals surface area contributed by atoms with Crippen molar-refractivity contribution in [2.24, 2.45) is 0 Å². The Morgan fingerprint density at radius 3 is 2.76 bits per heavy atom. The quantitative estimate of drug-likeness (QED) is 0.305. The van der Waals surface area contributed by atoms with Crippen molar-refractivity contribution in [3.8, 4) is 11.6 Å². The first-order valence-corrected chi connectivity index (χ1v) is 15.4. The number of pyridine rings is 3. The second-order valence-electron chi connectivity index (χ2n) is 12.3. The van der Waals surface area contributed by atoms with Gasteiger partial charge in [-0.15, -0.1) is 0 Å². The average Bonchev–Trinajstić information content (AvgIpc) is 3.03. The number of aliphatic hydroxyl groups excluding tert-OH is 1. The number of anilines is 3. The summed E-state index contributed by atoms with van der Waals surface area (Å²) in [5.41, 5.74) is 9.19. The molecule has 236 valence electrons. The number of nitrogens with two attached hydrogens (primary N) is 1. The number of halogens is 1. The molecule has 6 heterocycles. The van der Waals surface area contributed by atoms with Gasteiger partial charge in [0.2, 0.25) is 5.88 Å². The summed E-state index contributed by atoms with van der Waals surface area (Å²) in [5.74, 6) is 0.873. The lowest BCUT2D eigenvalue weighted by Crippen LogP contribution is -2.51. The van der Waals surface area contributed by atoms with E-state index in [1.807, 2.05) is 37.4 Å². The number of piperidine rings is 1. The van der Waals surface area contributed by atoms with Crippen molar-refractivity contribution in [1.29, 1.82) is 0 Å². The summed E-state index contributed by atoms with van der Waals surface area (Å²) in [6, 6.07) is 9.11. The maximum Gasteiger partial charge on any atom is 0.213 e. The van der Waals surface area contributed by atoms with Gasteiger partial charge in [0.15, 0.2) is 17.0 Å². The zero-order chi connectivity index (χ0) is 31.2. The number of rotatable bonds is 8. The zero-order valence-electron chi connectivity index (χ0n) is 25.5. The second-order valence-corrected chi connectivity index (χ2v) is 12.3. The van der Waals surface area contributed by atoms with Crippen LogP contribution in [0.3, 0.4) is 0 Å². The number of β-amino-alcohol motifs (C(OH)–C–C–N with tert-alkyl or cyclic N) is 1. The highest BCUT2D eigenvalue weighted by Crippen LogP contribution is 2.43. The van der Waals surface area contributed by atoms with Crippen LogP contribution >= 0.6 is 0 Å². The fraction of sp³-hybridized carbons (Fsp3) is 0.424. The molecule has 2 fully saturated rings. The Kier molecular flexibility index (Phi) is 7.70. The number of nitrogen functional groups attached to an aromatic ring is 1. The lowest BCUT2D eigenvalue weighted by atomic mass is 10.0. The first-order chi connectivity index (χ1) is 21.8. The van der Waals surface area contributed by atoms with Crippen LogP contribution in [0.15, 0.2) is 53.7 Å². The molecule has 3 aliphatic rings. The average molecular weight is 616 g/mol. The number of methoxy groups -OCH3 is 1. The number of ether oxygens (including phenoxy) is 2. The summed E-state index contributed by atoms with van der Waals surface area (Å²) >= 11 is 0. The molecule has 45 heavy (non-hydrogen) atoms. The van der Waals surface area contributed by atoms with E-state index in [0.717, 1.165) is 37.2 Å². The fourth-order valence-electron chi connectivity index (χ4n) is 6.81. The maximum atomic E-state index is 15.7. The Morgan fingerprint density at radius 1 is 1.16 bits per heavy atom. The number of aliphatic hydroxyl groups is 1. The van der Waals surface area contributed by atoms with Crippen LogP contribution < -0.4 is 30.4 Å². The molecule has 7 rings (SSSR count). The molecular formula is C33H38FN7O4. The predicted molar refractivity (Wildman–Crippen MR) is 171 cm³/mol. The molecular weight excluding hydrogens is 577 g/mol. The third kappa shape index (κ3) is 5.53. The minimum absolute atomic E-state index is 0.0549. The zero-order valence-corrected chi connectivity index (χ0v) is 25.5. The molecule has 0 aliphatic carbocycles. The molecule has 0 saturated carbocycles. The summed E-state index contributed by atoms with van der Waals surface area (Å²) in [5, 5.41) is 10.2. The molecule has 12 heteroatoms. The van der Waals surface area contributed by atoms with Crippen molar-refractivity contribution in [3.05, 3.63) is 76.1 Å². The van der Waals surface area contributed by atoms with Gasteiger partial charge >= 0.3 is 0 Å². The Labute approximate surface area is 260 Å². The highest BCUT2D eigenvalue weighted by Gasteiger charge is 2.35. The van der Waals surface area contributed by atoms with E-state index in [-0.39, 0.29) is 17.5 Å². The summed E-state index contributed by atoms with van der Waals surface area (Å²) < 4.78 is 29.2. The minimum atomic E-state index is -0.513. The molecule has 1 aromatic carbocycles. The number of aromatic nitrogens is 3. The lowest BCUT2D eigenvalue weighted by Gasteiger charge is -2.41. The van der Waals surface area contributed by atoms with E-state index in [2.05, 4.69) is 24.3 Å². The first-order valence-electron chi connectivity index (χ1n) is 15.4. The van der Waals surface area contributed by atoms with Crippen LogP contribution in [0, 0.1) is 5.82 Å². The normalized spacial score (nSPS) is 19.9. The Balaban J connectivity index is 1.27. The molecule has 0 radical (unpaired) electrons. The van der Waals surface area contributed by atoms with Gasteiger partial charge in [-0.25, -0.2) is 14.4 Å². The fourth-order valence-corrected chi connectivity index (χ4v) is 6.81. The van der Waals surface area contributed by atoms with E-state index in [0.29, 0.717) is 72.4 Å². The van der Waals surface area contributed by atoms with Gasteiger partial charge in [-0.3, -0.25) is 9.69 Å². The molecule has 0 spiro atoms. The lowest BCUT2D eigenvalue weighted by molar-refractivity contribution is 0.140. The monoisotopic (exact) mass is 615 g/mol. The van der Waals surface area contributed by atoms with Gasteiger partial charge in [0.25, 0.3) is 0 Å². The van der Waals surface area contributed by atoms with Gasteiger partial charge in [0.1, 0.15) is 18.1 Å². The molecule has 3 N–H and O–H groups in total. The van der Waals surface area contributed by atoms with Gasteiger partial charge < -0.3 is 34.7 Å². The molecule has 0 bridgehead atoms. The van der Waals surface area contributed by atoms with Gasteiger partial charge in [0.05, 0.1) is 42.0 Å². The summed E-state index contributed by atoms with van der Waals surface area (Å²) in [6.07, 6.45) is 6.90. The van der Waals surface area contributed by atoms with Crippen molar-refractivity contribution in [3.63, 3.8) is 0 Å². The second kappa shape index (κ2) is 11.8. The van der Waals surface area contributed by atoms with Crippen molar-refractivity contribution >= 4 is 28.1 Å². The summed E-state index contributed by atoms with van der Waals surface area (Å²) in [6.45, 7) is 5.65. The number of hydrogen-bond acceptors (Lipinski definition) is 10.